The molecular formula is C13H10ClN5. The Morgan fingerprint density at radius 1 is 1.37 bits per heavy atom. The van der Waals surface area contributed by atoms with Crippen LogP contribution in [0.25, 0.3) is 5.69 Å². The lowest BCUT2D eigenvalue weighted by atomic mass is 10.1. The fourth-order valence-electron chi connectivity index (χ4n) is 1.82. The summed E-state index contributed by atoms with van der Waals surface area (Å²) in [6.45, 7) is 0.622. The molecule has 1 aromatic carbocycles. The van der Waals surface area contributed by atoms with Gasteiger partial charge in [-0.25, -0.2) is 4.98 Å². The molecule has 0 amide bonds. The van der Waals surface area contributed by atoms with Crippen molar-refractivity contribution in [2.75, 3.05) is 7.05 Å². The van der Waals surface area contributed by atoms with E-state index in [0.29, 0.717) is 11.6 Å². The Kier molecular flexibility index (Phi) is 3.82. The molecule has 2 aromatic rings. The number of rotatable bonds is 3. The van der Waals surface area contributed by atoms with Crippen LogP contribution in [-0.2, 0) is 6.54 Å². The second-order valence-corrected chi connectivity index (χ2v) is 4.28. The zero-order valence-electron chi connectivity index (χ0n) is 10.2. The topological polar surface area (TPSA) is 77.4 Å². The summed E-state index contributed by atoms with van der Waals surface area (Å²) in [5, 5.41) is 21.7. The van der Waals surface area contributed by atoms with Gasteiger partial charge in [0.25, 0.3) is 0 Å². The van der Waals surface area contributed by atoms with Crippen molar-refractivity contribution in [2.24, 2.45) is 0 Å². The van der Waals surface area contributed by atoms with Gasteiger partial charge in [0.05, 0.1) is 5.69 Å². The van der Waals surface area contributed by atoms with Gasteiger partial charge in [-0.05, 0) is 24.7 Å². The second kappa shape index (κ2) is 5.53. The molecule has 1 aromatic heterocycles. The Morgan fingerprint density at radius 3 is 2.79 bits per heavy atom. The highest BCUT2D eigenvalue weighted by Crippen LogP contribution is 2.22. The van der Waals surface area contributed by atoms with E-state index in [1.807, 2.05) is 25.3 Å². The highest BCUT2D eigenvalue weighted by atomic mass is 35.5. The van der Waals surface area contributed by atoms with Crippen molar-refractivity contribution in [3.63, 3.8) is 0 Å². The summed E-state index contributed by atoms with van der Waals surface area (Å²) in [6, 6.07) is 9.30. The minimum absolute atomic E-state index is 0.109. The lowest BCUT2D eigenvalue weighted by Crippen LogP contribution is -2.09. The summed E-state index contributed by atoms with van der Waals surface area (Å²) in [5.74, 6) is 0. The SMILES string of the molecule is CNCc1ccc(Cl)cc1-n1cnc(C#N)c1C#N. The third kappa shape index (κ3) is 2.43. The first-order valence-corrected chi connectivity index (χ1v) is 5.90. The highest BCUT2D eigenvalue weighted by Gasteiger charge is 2.14. The van der Waals surface area contributed by atoms with Crippen molar-refractivity contribution in [1.29, 1.82) is 10.5 Å². The van der Waals surface area contributed by atoms with Gasteiger partial charge in [-0.1, -0.05) is 17.7 Å². The van der Waals surface area contributed by atoms with E-state index in [1.54, 1.807) is 16.7 Å². The molecule has 6 heteroatoms. The van der Waals surface area contributed by atoms with Crippen molar-refractivity contribution in [1.82, 2.24) is 14.9 Å². The maximum Gasteiger partial charge on any atom is 0.177 e. The van der Waals surface area contributed by atoms with Crippen LogP contribution < -0.4 is 5.32 Å². The molecule has 0 aliphatic rings. The molecule has 19 heavy (non-hydrogen) atoms. The van der Waals surface area contributed by atoms with Gasteiger partial charge in [0, 0.05) is 11.6 Å². The molecule has 0 radical (unpaired) electrons. The van der Waals surface area contributed by atoms with E-state index in [2.05, 4.69) is 10.3 Å². The standard InChI is InChI=1S/C13H10ClN5/c1-17-7-9-2-3-10(14)4-12(9)19-8-18-11(5-15)13(19)6-16/h2-4,8,17H,7H2,1H3. The number of hydrogen-bond acceptors (Lipinski definition) is 4. The third-order valence-corrected chi connectivity index (χ3v) is 2.89. The van der Waals surface area contributed by atoms with Crippen LogP contribution in [0.2, 0.25) is 5.02 Å². The van der Waals surface area contributed by atoms with E-state index in [1.165, 1.54) is 6.33 Å². The van der Waals surface area contributed by atoms with E-state index < -0.39 is 0 Å². The fourth-order valence-corrected chi connectivity index (χ4v) is 1.99. The zero-order valence-corrected chi connectivity index (χ0v) is 10.9. The summed E-state index contributed by atoms with van der Waals surface area (Å²) in [6.07, 6.45) is 1.46. The molecule has 0 bridgehead atoms. The van der Waals surface area contributed by atoms with Crippen molar-refractivity contribution >= 4 is 11.6 Å². The highest BCUT2D eigenvalue weighted by molar-refractivity contribution is 6.30. The average Bonchev–Trinajstić information content (AvgIpc) is 2.83. The normalized spacial score (nSPS) is 9.89. The van der Waals surface area contributed by atoms with Crippen LogP contribution in [0.4, 0.5) is 0 Å². The summed E-state index contributed by atoms with van der Waals surface area (Å²) >= 11 is 6.00. The average molecular weight is 272 g/mol. The molecule has 1 N–H and O–H groups in total. The quantitative estimate of drug-likeness (QED) is 0.926. The van der Waals surface area contributed by atoms with Crippen LogP contribution in [0.5, 0.6) is 0 Å². The molecule has 0 atom stereocenters. The van der Waals surface area contributed by atoms with E-state index in [9.17, 15) is 0 Å². The fraction of sp³-hybridized carbons (Fsp3) is 0.154. The smallest absolute Gasteiger partial charge is 0.177 e. The summed E-state index contributed by atoms with van der Waals surface area (Å²) in [5.41, 5.74) is 2.03. The van der Waals surface area contributed by atoms with Crippen molar-refractivity contribution in [2.45, 2.75) is 6.54 Å². The first-order valence-electron chi connectivity index (χ1n) is 5.52. The second-order valence-electron chi connectivity index (χ2n) is 3.84. The minimum atomic E-state index is 0.109. The van der Waals surface area contributed by atoms with Crippen LogP contribution in [0.15, 0.2) is 24.5 Å². The molecule has 0 fully saturated rings. The maximum absolute atomic E-state index is 9.16. The number of aromatic nitrogens is 2. The van der Waals surface area contributed by atoms with Crippen molar-refractivity contribution in [3.05, 3.63) is 46.5 Å². The third-order valence-electron chi connectivity index (χ3n) is 2.65. The molecule has 0 unspecified atom stereocenters. The molecule has 94 valence electrons. The zero-order chi connectivity index (χ0) is 13.8. The number of imidazole rings is 1. The Labute approximate surface area is 115 Å². The lowest BCUT2D eigenvalue weighted by Gasteiger charge is -2.11. The molecule has 0 saturated heterocycles. The van der Waals surface area contributed by atoms with Gasteiger partial charge in [-0.15, -0.1) is 0 Å². The van der Waals surface area contributed by atoms with Gasteiger partial charge >= 0.3 is 0 Å². The predicted octanol–water partition coefficient (Wildman–Crippen LogP) is 1.99. The predicted molar refractivity (Wildman–Crippen MR) is 70.8 cm³/mol. The molecule has 1 heterocycles. The number of benzene rings is 1. The Morgan fingerprint density at radius 2 is 2.16 bits per heavy atom. The summed E-state index contributed by atoms with van der Waals surface area (Å²) in [7, 11) is 1.83. The van der Waals surface area contributed by atoms with Gasteiger partial charge in [0.1, 0.15) is 18.5 Å². The number of halogens is 1. The van der Waals surface area contributed by atoms with Crippen LogP contribution in [0.3, 0.4) is 0 Å². The van der Waals surface area contributed by atoms with E-state index in [-0.39, 0.29) is 11.4 Å². The summed E-state index contributed by atoms with van der Waals surface area (Å²) in [4.78, 5) is 3.93. The molecule has 0 saturated carbocycles. The van der Waals surface area contributed by atoms with E-state index in [0.717, 1.165) is 11.3 Å². The van der Waals surface area contributed by atoms with E-state index >= 15 is 0 Å². The first-order chi connectivity index (χ1) is 9.21. The first kappa shape index (κ1) is 13.1. The lowest BCUT2D eigenvalue weighted by molar-refractivity contribution is 0.806. The van der Waals surface area contributed by atoms with Crippen LogP contribution in [0.1, 0.15) is 17.0 Å². The molecule has 0 aliphatic carbocycles. The van der Waals surface area contributed by atoms with Crippen LogP contribution in [-0.4, -0.2) is 16.6 Å². The monoisotopic (exact) mass is 271 g/mol. The van der Waals surface area contributed by atoms with Gasteiger partial charge in [-0.2, -0.15) is 10.5 Å². The maximum atomic E-state index is 9.16. The van der Waals surface area contributed by atoms with Gasteiger partial charge in [0.2, 0.25) is 0 Å². The number of nitriles is 2. The van der Waals surface area contributed by atoms with Gasteiger partial charge in [0.15, 0.2) is 11.4 Å². The largest absolute Gasteiger partial charge is 0.316 e. The molecule has 5 nitrogen and oxygen atoms in total. The van der Waals surface area contributed by atoms with Crippen molar-refractivity contribution in [3.8, 4) is 17.8 Å². The van der Waals surface area contributed by atoms with Crippen molar-refractivity contribution < 1.29 is 0 Å². The summed E-state index contributed by atoms with van der Waals surface area (Å²) < 4.78 is 1.58. The Hall–Kier alpha value is -2.34. The molecule has 0 spiro atoms. The van der Waals surface area contributed by atoms with Crippen LogP contribution >= 0.6 is 11.6 Å². The van der Waals surface area contributed by atoms with Gasteiger partial charge < -0.3 is 5.32 Å². The number of nitrogens with zero attached hydrogens (tertiary/aromatic N) is 4. The Bertz CT molecular complexity index is 690. The van der Waals surface area contributed by atoms with Crippen LogP contribution in [0, 0.1) is 22.7 Å². The number of nitrogens with one attached hydrogen (secondary N) is 1. The Balaban J connectivity index is 2.65. The van der Waals surface area contributed by atoms with Gasteiger partial charge in [-0.3, -0.25) is 4.57 Å². The molecule has 0 aliphatic heterocycles. The van der Waals surface area contributed by atoms with E-state index in [4.69, 9.17) is 22.1 Å². The molecular weight excluding hydrogens is 262 g/mol. The number of hydrogen-bond donors (Lipinski definition) is 1. The minimum Gasteiger partial charge on any atom is -0.316 e. The molecule has 2 rings (SSSR count).